The molecule has 1 amide bonds. The van der Waals surface area contributed by atoms with E-state index in [2.05, 4.69) is 14.9 Å². The summed E-state index contributed by atoms with van der Waals surface area (Å²) in [5, 5.41) is 3.57. The summed E-state index contributed by atoms with van der Waals surface area (Å²) in [7, 11) is -4.06. The monoisotopic (exact) mass is 503 g/mol. The number of sulfonamides is 1. The Hall–Kier alpha value is -3.38. The van der Waals surface area contributed by atoms with E-state index in [4.69, 9.17) is 4.52 Å². The molecule has 2 aliphatic heterocycles. The normalized spacial score (nSPS) is 16.9. The van der Waals surface area contributed by atoms with E-state index in [0.29, 0.717) is 38.2 Å². The summed E-state index contributed by atoms with van der Waals surface area (Å²) in [5.74, 6) is -1.89. The highest BCUT2D eigenvalue weighted by atomic mass is 32.2. The number of carbonyl (C=O) groups excluding carboxylic acids is 1. The van der Waals surface area contributed by atoms with Crippen molar-refractivity contribution in [2.45, 2.75) is 37.2 Å². The van der Waals surface area contributed by atoms with Crippen LogP contribution in [0.1, 0.15) is 46.7 Å². The molecule has 9 nitrogen and oxygen atoms in total. The zero-order valence-electron chi connectivity index (χ0n) is 18.9. The molecule has 5 rings (SSSR count). The molecule has 1 aromatic heterocycles. The highest BCUT2D eigenvalue weighted by Crippen LogP contribution is 2.30. The number of rotatable bonds is 6. The van der Waals surface area contributed by atoms with Crippen LogP contribution in [-0.4, -0.2) is 53.9 Å². The summed E-state index contributed by atoms with van der Waals surface area (Å²) < 4.78 is 60.4. The zero-order valence-corrected chi connectivity index (χ0v) is 19.7. The minimum Gasteiger partial charge on any atom is -0.336 e. The number of benzene rings is 2. The van der Waals surface area contributed by atoms with E-state index in [-0.39, 0.29) is 16.8 Å². The van der Waals surface area contributed by atoms with Crippen molar-refractivity contribution < 1.29 is 26.5 Å². The number of hydrogen-bond donors (Lipinski definition) is 1. The van der Waals surface area contributed by atoms with Crippen molar-refractivity contribution in [1.82, 2.24) is 19.9 Å². The molecule has 12 heteroatoms. The van der Waals surface area contributed by atoms with Gasteiger partial charge in [0.2, 0.25) is 0 Å². The Bertz CT molecular complexity index is 1370. The predicted octanol–water partition coefficient (Wildman–Crippen LogP) is 3.11. The number of anilines is 1. The molecule has 1 atom stereocenters. The van der Waals surface area contributed by atoms with E-state index in [1.54, 1.807) is 12.1 Å². The molecule has 1 fully saturated rings. The number of nitrogens with one attached hydrogen (secondary N) is 1. The van der Waals surface area contributed by atoms with Crippen LogP contribution in [0.2, 0.25) is 0 Å². The van der Waals surface area contributed by atoms with Crippen molar-refractivity contribution in [2.24, 2.45) is 0 Å². The molecule has 1 N–H and O–H groups in total. The first-order valence-electron chi connectivity index (χ1n) is 11.2. The summed E-state index contributed by atoms with van der Waals surface area (Å²) >= 11 is 0. The molecule has 3 aromatic rings. The molecule has 184 valence electrons. The molecule has 3 heterocycles. The number of nitrogens with zero attached hydrogens (tertiary/aromatic N) is 4. The van der Waals surface area contributed by atoms with Crippen LogP contribution < -0.4 is 4.72 Å². The van der Waals surface area contributed by atoms with E-state index in [9.17, 15) is 22.0 Å². The second kappa shape index (κ2) is 9.00. The Kier molecular flexibility index (Phi) is 6.01. The van der Waals surface area contributed by atoms with Crippen LogP contribution in [0.25, 0.3) is 0 Å². The van der Waals surface area contributed by atoms with Crippen LogP contribution in [0.4, 0.5) is 14.8 Å². The van der Waals surface area contributed by atoms with E-state index in [1.165, 1.54) is 23.1 Å². The Morgan fingerprint density at radius 2 is 1.83 bits per heavy atom. The molecule has 1 saturated heterocycles. The fraction of sp³-hybridized carbons (Fsp3) is 0.348. The number of halogens is 2. The molecule has 0 bridgehead atoms. The Labute approximate surface area is 200 Å². The van der Waals surface area contributed by atoms with E-state index in [0.717, 1.165) is 23.6 Å². The van der Waals surface area contributed by atoms with Gasteiger partial charge >= 0.3 is 6.01 Å². The summed E-state index contributed by atoms with van der Waals surface area (Å²) in [4.78, 5) is 19.6. The molecule has 2 aromatic carbocycles. The lowest BCUT2D eigenvalue weighted by atomic mass is 9.97. The number of likely N-dealkylation sites (tertiary alicyclic amines) is 1. The first-order valence-corrected chi connectivity index (χ1v) is 12.7. The van der Waals surface area contributed by atoms with Gasteiger partial charge in [-0.05, 0) is 65.9 Å². The first-order chi connectivity index (χ1) is 16.7. The smallest absolute Gasteiger partial charge is 0.335 e. The van der Waals surface area contributed by atoms with Gasteiger partial charge < -0.3 is 9.42 Å². The minimum atomic E-state index is -4.06. The van der Waals surface area contributed by atoms with Crippen LogP contribution >= 0.6 is 0 Å². The average molecular weight is 504 g/mol. The Morgan fingerprint density at radius 1 is 1.09 bits per heavy atom. The lowest BCUT2D eigenvalue weighted by molar-refractivity contribution is 0.0635. The van der Waals surface area contributed by atoms with E-state index in [1.807, 2.05) is 11.8 Å². The summed E-state index contributed by atoms with van der Waals surface area (Å²) in [5.41, 5.74) is 2.30. The third-order valence-corrected chi connectivity index (χ3v) is 7.74. The van der Waals surface area contributed by atoms with E-state index >= 15 is 0 Å². The highest BCUT2D eigenvalue weighted by Gasteiger charge is 2.28. The minimum absolute atomic E-state index is 0.00336. The molecular weight excluding hydrogens is 480 g/mol. The fourth-order valence-electron chi connectivity index (χ4n) is 4.27. The molecule has 0 spiro atoms. The number of hydrogen-bond acceptors (Lipinski definition) is 7. The van der Waals surface area contributed by atoms with Crippen LogP contribution in [0.3, 0.4) is 0 Å². The molecular formula is C23H23F2N5O4S. The standard InChI is InChI=1S/C23H23F2N5O4S/c1-14(16-9-18(24)12-19(25)10-16)30-8-5-15-3-4-20(11-17(15)13-30)35(32,33)28-23-26-21(27-34-23)22(31)29-6-2-7-29/h3-4,9-12,14H,2,5-8,13H2,1H3,(H,26,27,28). The van der Waals surface area contributed by atoms with Crippen LogP contribution in [0, 0.1) is 11.6 Å². The van der Waals surface area contributed by atoms with Gasteiger partial charge in [-0.3, -0.25) is 9.69 Å². The van der Waals surface area contributed by atoms with Crippen molar-refractivity contribution in [3.63, 3.8) is 0 Å². The molecule has 0 saturated carbocycles. The number of aromatic nitrogens is 2. The zero-order chi connectivity index (χ0) is 24.7. The van der Waals surface area contributed by atoms with Gasteiger partial charge in [0.05, 0.1) is 4.90 Å². The second-order valence-electron chi connectivity index (χ2n) is 8.70. The third kappa shape index (κ3) is 4.76. The number of carbonyl (C=O) groups is 1. The molecule has 0 radical (unpaired) electrons. The van der Waals surface area contributed by atoms with Crippen molar-refractivity contribution >= 4 is 21.9 Å². The SMILES string of the molecule is CC(c1cc(F)cc(F)c1)N1CCc2ccc(S(=O)(=O)Nc3nc(C(=O)N4CCC4)no3)cc2C1. The van der Waals surface area contributed by atoms with Crippen molar-refractivity contribution in [3.8, 4) is 0 Å². The largest absolute Gasteiger partial charge is 0.336 e. The van der Waals surface area contributed by atoms with Crippen LogP contribution in [-0.2, 0) is 23.0 Å². The number of amides is 1. The van der Waals surface area contributed by atoms with Gasteiger partial charge in [0, 0.05) is 38.3 Å². The van der Waals surface area contributed by atoms with Crippen molar-refractivity contribution in [2.75, 3.05) is 24.4 Å². The highest BCUT2D eigenvalue weighted by molar-refractivity contribution is 7.92. The second-order valence-corrected chi connectivity index (χ2v) is 10.4. The predicted molar refractivity (Wildman–Crippen MR) is 121 cm³/mol. The lowest BCUT2D eigenvalue weighted by Gasteiger charge is -2.34. The molecule has 35 heavy (non-hydrogen) atoms. The summed E-state index contributed by atoms with van der Waals surface area (Å²) in [6.07, 6.45) is 1.56. The Morgan fingerprint density at radius 3 is 2.51 bits per heavy atom. The summed E-state index contributed by atoms with van der Waals surface area (Å²) in [6.45, 7) is 4.14. The maximum atomic E-state index is 13.7. The van der Waals surface area contributed by atoms with Gasteiger partial charge in [0.15, 0.2) is 0 Å². The number of fused-ring (bicyclic) bond motifs is 1. The average Bonchev–Trinajstić information content (AvgIpc) is 3.24. The van der Waals surface area contributed by atoms with Gasteiger partial charge in [0.1, 0.15) is 11.6 Å². The Balaban J connectivity index is 1.32. The van der Waals surface area contributed by atoms with E-state index < -0.39 is 33.6 Å². The fourth-order valence-corrected chi connectivity index (χ4v) is 5.24. The van der Waals surface area contributed by atoms with Gasteiger partial charge in [-0.2, -0.15) is 4.98 Å². The maximum Gasteiger partial charge on any atom is 0.335 e. The van der Waals surface area contributed by atoms with Gasteiger partial charge in [-0.1, -0.05) is 6.07 Å². The van der Waals surface area contributed by atoms with Gasteiger partial charge in [-0.25, -0.2) is 21.9 Å². The van der Waals surface area contributed by atoms with Gasteiger partial charge in [0.25, 0.3) is 21.8 Å². The van der Waals surface area contributed by atoms with Crippen LogP contribution in [0.5, 0.6) is 0 Å². The van der Waals surface area contributed by atoms with Crippen molar-refractivity contribution in [1.29, 1.82) is 0 Å². The van der Waals surface area contributed by atoms with Crippen LogP contribution in [0.15, 0.2) is 45.8 Å². The van der Waals surface area contributed by atoms with Gasteiger partial charge in [-0.15, -0.1) is 0 Å². The van der Waals surface area contributed by atoms with Crippen molar-refractivity contribution in [3.05, 3.63) is 70.5 Å². The first kappa shape index (κ1) is 23.4. The molecule has 2 aliphatic rings. The third-order valence-electron chi connectivity index (χ3n) is 6.43. The quantitative estimate of drug-likeness (QED) is 0.551. The molecule has 0 aliphatic carbocycles. The molecule has 1 unspecified atom stereocenters. The lowest BCUT2D eigenvalue weighted by Crippen LogP contribution is -2.42. The summed E-state index contributed by atoms with van der Waals surface area (Å²) in [6, 6.07) is 7.58. The topological polar surface area (TPSA) is 109 Å². The maximum absolute atomic E-state index is 13.7.